The second-order valence-corrected chi connectivity index (χ2v) is 7.12. The molecule has 1 atom stereocenters. The molecular weight excluding hydrogens is 344 g/mol. The number of carbonyl (C=O) groups excluding carboxylic acids is 2. The zero-order valence-corrected chi connectivity index (χ0v) is 15.5. The van der Waals surface area contributed by atoms with Crippen LogP contribution in [0, 0.1) is 5.92 Å². The molecule has 1 N–H and O–H groups in total. The van der Waals surface area contributed by atoms with Gasteiger partial charge < -0.3 is 15.1 Å². The van der Waals surface area contributed by atoms with Gasteiger partial charge in [-0.15, -0.1) is 0 Å². The fourth-order valence-electron chi connectivity index (χ4n) is 3.62. The Bertz CT molecular complexity index is 883. The lowest BCUT2D eigenvalue weighted by atomic mass is 10.0. The van der Waals surface area contributed by atoms with E-state index in [4.69, 9.17) is 9.97 Å². The number of hydrogen-bond acceptors (Lipinski definition) is 6. The van der Waals surface area contributed by atoms with Crippen LogP contribution in [0.3, 0.4) is 0 Å². The number of pyridine rings is 1. The molecular formula is C19H22N6O2. The van der Waals surface area contributed by atoms with E-state index in [0.717, 1.165) is 17.1 Å². The molecule has 0 saturated carbocycles. The fourth-order valence-corrected chi connectivity index (χ4v) is 3.62. The van der Waals surface area contributed by atoms with Crippen LogP contribution in [0.4, 0.5) is 5.82 Å². The van der Waals surface area contributed by atoms with Crippen LogP contribution in [0.15, 0.2) is 24.4 Å². The molecule has 8 nitrogen and oxygen atoms in total. The molecule has 0 aliphatic carbocycles. The Kier molecular flexibility index (Phi) is 4.47. The van der Waals surface area contributed by atoms with Gasteiger partial charge in [0.15, 0.2) is 5.82 Å². The molecule has 2 aliphatic heterocycles. The lowest BCUT2D eigenvalue weighted by Gasteiger charge is -2.32. The van der Waals surface area contributed by atoms with Crippen molar-refractivity contribution in [3.63, 3.8) is 0 Å². The highest BCUT2D eigenvalue weighted by Crippen LogP contribution is 2.29. The number of rotatable bonds is 3. The van der Waals surface area contributed by atoms with Crippen molar-refractivity contribution < 1.29 is 9.59 Å². The number of hydrogen-bond donors (Lipinski definition) is 1. The maximum Gasteiger partial charge on any atom is 0.228 e. The van der Waals surface area contributed by atoms with E-state index < -0.39 is 0 Å². The quantitative estimate of drug-likeness (QED) is 0.857. The summed E-state index contributed by atoms with van der Waals surface area (Å²) in [4.78, 5) is 41.8. The summed E-state index contributed by atoms with van der Waals surface area (Å²) in [5, 5.41) is 2.74. The van der Waals surface area contributed by atoms with E-state index in [2.05, 4.69) is 10.3 Å². The zero-order valence-electron chi connectivity index (χ0n) is 15.5. The normalized spacial score (nSPS) is 18.8. The van der Waals surface area contributed by atoms with Crippen LogP contribution in [-0.2, 0) is 22.6 Å². The molecule has 2 aromatic rings. The number of carbonyl (C=O) groups is 2. The Morgan fingerprint density at radius 3 is 2.81 bits per heavy atom. The average molecular weight is 366 g/mol. The minimum Gasteiger partial charge on any atom is -0.362 e. The van der Waals surface area contributed by atoms with Gasteiger partial charge in [0.25, 0.3) is 0 Å². The van der Waals surface area contributed by atoms with Gasteiger partial charge in [0.2, 0.25) is 11.8 Å². The van der Waals surface area contributed by atoms with Crippen LogP contribution in [0.5, 0.6) is 0 Å². The van der Waals surface area contributed by atoms with Crippen LogP contribution < -0.4 is 10.2 Å². The molecule has 2 aliphatic rings. The molecule has 4 heterocycles. The summed E-state index contributed by atoms with van der Waals surface area (Å²) in [7, 11) is 3.91. The van der Waals surface area contributed by atoms with Gasteiger partial charge in [-0.1, -0.05) is 6.07 Å². The van der Waals surface area contributed by atoms with Crippen molar-refractivity contribution in [3.05, 3.63) is 35.7 Å². The summed E-state index contributed by atoms with van der Waals surface area (Å²) in [5.41, 5.74) is 2.63. The molecule has 4 rings (SSSR count). The molecule has 0 radical (unpaired) electrons. The van der Waals surface area contributed by atoms with Gasteiger partial charge in [-0.25, -0.2) is 9.97 Å². The summed E-state index contributed by atoms with van der Waals surface area (Å²) in [6, 6.07) is 5.63. The molecule has 27 heavy (non-hydrogen) atoms. The van der Waals surface area contributed by atoms with E-state index in [9.17, 15) is 9.59 Å². The molecule has 1 saturated heterocycles. The van der Waals surface area contributed by atoms with E-state index in [0.29, 0.717) is 37.6 Å². The first-order chi connectivity index (χ1) is 13.0. The Hall–Kier alpha value is -3.03. The molecule has 0 bridgehead atoms. The second-order valence-electron chi connectivity index (χ2n) is 7.12. The summed E-state index contributed by atoms with van der Waals surface area (Å²) in [6.07, 6.45) is 2.69. The molecule has 8 heteroatoms. The lowest BCUT2D eigenvalue weighted by molar-refractivity contribution is -0.136. The van der Waals surface area contributed by atoms with Crippen molar-refractivity contribution in [1.29, 1.82) is 0 Å². The fraction of sp³-hybridized carbons (Fsp3) is 0.421. The minimum atomic E-state index is -0.274. The van der Waals surface area contributed by atoms with Crippen LogP contribution in [0.2, 0.25) is 0 Å². The highest BCUT2D eigenvalue weighted by molar-refractivity contribution is 5.89. The summed E-state index contributed by atoms with van der Waals surface area (Å²) < 4.78 is 0. The topological polar surface area (TPSA) is 91.3 Å². The van der Waals surface area contributed by atoms with E-state index >= 15 is 0 Å². The van der Waals surface area contributed by atoms with Crippen molar-refractivity contribution in [2.75, 3.05) is 32.1 Å². The minimum absolute atomic E-state index is 0.0170. The van der Waals surface area contributed by atoms with E-state index in [1.165, 1.54) is 0 Å². The van der Waals surface area contributed by atoms with Crippen LogP contribution in [-0.4, -0.2) is 58.9 Å². The Morgan fingerprint density at radius 2 is 2.15 bits per heavy atom. The summed E-state index contributed by atoms with van der Waals surface area (Å²) >= 11 is 0. The Labute approximate surface area is 157 Å². The number of anilines is 1. The highest BCUT2D eigenvalue weighted by Gasteiger charge is 2.34. The van der Waals surface area contributed by atoms with E-state index in [1.54, 1.807) is 6.20 Å². The van der Waals surface area contributed by atoms with Crippen LogP contribution in [0.1, 0.15) is 17.7 Å². The largest absolute Gasteiger partial charge is 0.362 e. The SMILES string of the molecule is CN(C)c1nc(-c2ccccn2)nc2c1CCN(C(=O)[C@H]1CNC(=O)C1)C2. The number of nitrogens with one attached hydrogen (secondary N) is 1. The number of amides is 2. The van der Waals surface area contributed by atoms with Gasteiger partial charge in [0.05, 0.1) is 18.2 Å². The first-order valence-corrected chi connectivity index (χ1v) is 9.07. The third-order valence-corrected chi connectivity index (χ3v) is 5.00. The molecule has 2 aromatic heterocycles. The predicted octanol–water partition coefficient (Wildman–Crippen LogP) is 0.625. The third kappa shape index (κ3) is 3.34. The Balaban J connectivity index is 1.66. The monoisotopic (exact) mass is 366 g/mol. The van der Waals surface area contributed by atoms with E-state index in [-0.39, 0.29) is 24.2 Å². The predicted molar refractivity (Wildman–Crippen MR) is 99.8 cm³/mol. The van der Waals surface area contributed by atoms with Crippen LogP contribution in [0.25, 0.3) is 11.5 Å². The van der Waals surface area contributed by atoms with Gasteiger partial charge in [-0.05, 0) is 18.6 Å². The molecule has 1 fully saturated rings. The highest BCUT2D eigenvalue weighted by atomic mass is 16.2. The molecule has 140 valence electrons. The average Bonchev–Trinajstić information content (AvgIpc) is 3.13. The van der Waals surface area contributed by atoms with Crippen molar-refractivity contribution in [3.8, 4) is 11.5 Å². The number of fused-ring (bicyclic) bond motifs is 1. The standard InChI is InChI=1S/C19H22N6O2/c1-24(2)18-13-6-8-25(19(27)12-9-16(26)21-10-12)11-15(13)22-17(23-18)14-5-3-4-7-20-14/h3-5,7,12H,6,8-11H2,1-2H3,(H,21,26)/t12-/m1/s1. The maximum atomic E-state index is 12.8. The molecule has 2 amide bonds. The molecule has 0 spiro atoms. The van der Waals surface area contributed by atoms with Gasteiger partial charge in [-0.3, -0.25) is 14.6 Å². The van der Waals surface area contributed by atoms with E-state index in [1.807, 2.05) is 42.1 Å². The van der Waals surface area contributed by atoms with Gasteiger partial charge in [-0.2, -0.15) is 0 Å². The van der Waals surface area contributed by atoms with Crippen LogP contribution >= 0.6 is 0 Å². The second kappa shape index (κ2) is 6.94. The Morgan fingerprint density at radius 1 is 1.30 bits per heavy atom. The van der Waals surface area contributed by atoms with Gasteiger partial charge in [0.1, 0.15) is 11.5 Å². The maximum absolute atomic E-state index is 12.8. The summed E-state index contributed by atoms with van der Waals surface area (Å²) in [5.74, 6) is 1.11. The van der Waals surface area contributed by atoms with Crippen molar-refractivity contribution >= 4 is 17.6 Å². The lowest BCUT2D eigenvalue weighted by Crippen LogP contribution is -2.41. The third-order valence-electron chi connectivity index (χ3n) is 5.00. The summed E-state index contributed by atoms with van der Waals surface area (Å²) in [6.45, 7) is 1.47. The van der Waals surface area contributed by atoms with Gasteiger partial charge >= 0.3 is 0 Å². The smallest absolute Gasteiger partial charge is 0.228 e. The zero-order chi connectivity index (χ0) is 19.0. The first kappa shape index (κ1) is 17.4. The van der Waals surface area contributed by atoms with Gasteiger partial charge in [0, 0.05) is 45.4 Å². The number of nitrogens with zero attached hydrogens (tertiary/aromatic N) is 5. The first-order valence-electron chi connectivity index (χ1n) is 9.07. The van der Waals surface area contributed by atoms with Crippen molar-refractivity contribution in [2.45, 2.75) is 19.4 Å². The molecule has 0 unspecified atom stereocenters. The van der Waals surface area contributed by atoms with Crippen molar-refractivity contribution in [1.82, 2.24) is 25.2 Å². The van der Waals surface area contributed by atoms with Crippen molar-refractivity contribution in [2.24, 2.45) is 5.92 Å². The molecule has 0 aromatic carbocycles. The number of aromatic nitrogens is 3.